The molecule has 41 heavy (non-hydrogen) atoms. The van der Waals surface area contributed by atoms with E-state index in [1.54, 1.807) is 24.3 Å². The summed E-state index contributed by atoms with van der Waals surface area (Å²) in [4.78, 5) is 0. The Morgan fingerprint density at radius 3 is 1.71 bits per heavy atom. The highest BCUT2D eigenvalue weighted by Crippen LogP contribution is 2.48. The van der Waals surface area contributed by atoms with Crippen LogP contribution in [0.1, 0.15) is 17.8 Å². The second kappa shape index (κ2) is 8.55. The van der Waals surface area contributed by atoms with Gasteiger partial charge in [-0.05, 0) is 72.1 Å². The fourth-order valence-electron chi connectivity index (χ4n) is 6.04. The monoisotopic (exact) mass is 533 g/mol. The Morgan fingerprint density at radius 2 is 1.00 bits per heavy atom. The van der Waals surface area contributed by atoms with Gasteiger partial charge in [-0.3, -0.25) is 0 Å². The zero-order chi connectivity index (χ0) is 38.2. The quantitative estimate of drug-likeness (QED) is 0.201. The number of hydrogen-bond donors (Lipinski definition) is 0. The molecule has 0 bridgehead atoms. The molecule has 0 unspecified atom stereocenters. The van der Waals surface area contributed by atoms with Crippen molar-refractivity contribution in [2.45, 2.75) is 0 Å². The van der Waals surface area contributed by atoms with E-state index >= 15 is 0 Å². The lowest BCUT2D eigenvalue weighted by atomic mass is 9.84. The summed E-state index contributed by atoms with van der Waals surface area (Å²) in [6.45, 7) is 0. The Kier molecular flexibility index (Phi) is 2.77. The molecule has 0 saturated carbocycles. The van der Waals surface area contributed by atoms with Gasteiger partial charge in [-0.15, -0.1) is 0 Å². The number of furan rings is 1. The zero-order valence-electron chi connectivity index (χ0n) is 34.3. The first-order valence-corrected chi connectivity index (χ1v) is 13.1. The number of hydrogen-bond acceptors (Lipinski definition) is 1. The Morgan fingerprint density at radius 1 is 0.415 bits per heavy atom. The lowest BCUT2D eigenvalue weighted by Crippen LogP contribution is -1.92. The average molecular weight is 534 g/mol. The van der Waals surface area contributed by atoms with Crippen molar-refractivity contribution in [2.75, 3.05) is 0 Å². The van der Waals surface area contributed by atoms with E-state index in [1.165, 1.54) is 0 Å². The molecular formula is C40H24O. The van der Waals surface area contributed by atoms with Crippen LogP contribution in [0.4, 0.5) is 0 Å². The molecule has 0 saturated heterocycles. The molecule has 0 spiro atoms. The molecule has 0 atom stereocenters. The summed E-state index contributed by atoms with van der Waals surface area (Å²) in [7, 11) is 0. The van der Waals surface area contributed by atoms with Crippen LogP contribution in [0.2, 0.25) is 0 Å². The topological polar surface area (TPSA) is 13.1 Å². The molecule has 0 aliphatic heterocycles. The molecule has 9 aromatic rings. The summed E-state index contributed by atoms with van der Waals surface area (Å²) in [5.41, 5.74) is 2.20. The van der Waals surface area contributed by atoms with Crippen molar-refractivity contribution in [1.29, 1.82) is 0 Å². The standard InChI is InChI=1S/C40H24O/c1-3-14-27-25(11-1)13-9-20-29(27)37-30-16-5-7-18-32(30)38(33-19-8-6-17-31(33)37)34-21-10-22-36-39(34)35-24-23-26-12-2-4-15-28(26)40(35)41-36/h1-24H/i1D,2D,3D,4D,9D,11D,12D,13D,14D,15D,20D,23D,24D. The molecule has 1 heterocycles. The minimum absolute atomic E-state index is 0.00710. The van der Waals surface area contributed by atoms with Crippen LogP contribution in [0.15, 0.2) is 150 Å². The molecule has 1 aromatic heterocycles. The highest BCUT2D eigenvalue weighted by atomic mass is 16.3. The van der Waals surface area contributed by atoms with Gasteiger partial charge in [0, 0.05) is 16.2 Å². The van der Waals surface area contributed by atoms with Crippen LogP contribution in [-0.2, 0) is 0 Å². The third-order valence-corrected chi connectivity index (χ3v) is 7.71. The molecule has 0 amide bonds. The predicted molar refractivity (Wildman–Crippen MR) is 175 cm³/mol. The van der Waals surface area contributed by atoms with Crippen LogP contribution in [0, 0.1) is 0 Å². The van der Waals surface area contributed by atoms with Crippen molar-refractivity contribution in [3.63, 3.8) is 0 Å². The van der Waals surface area contributed by atoms with Gasteiger partial charge < -0.3 is 4.42 Å². The zero-order valence-corrected chi connectivity index (χ0v) is 21.3. The third kappa shape index (κ3) is 3.18. The van der Waals surface area contributed by atoms with E-state index in [4.69, 9.17) is 19.5 Å². The number of rotatable bonds is 2. The van der Waals surface area contributed by atoms with Crippen molar-refractivity contribution >= 4 is 65.0 Å². The Balaban J connectivity index is 1.50. The molecular weight excluding hydrogens is 496 g/mol. The van der Waals surface area contributed by atoms with E-state index in [2.05, 4.69) is 0 Å². The summed E-state index contributed by atoms with van der Waals surface area (Å²) in [6, 6.07) is 14.3. The van der Waals surface area contributed by atoms with Crippen LogP contribution < -0.4 is 0 Å². The average Bonchev–Trinajstić information content (AvgIpc) is 3.57. The summed E-state index contributed by atoms with van der Waals surface area (Å²) in [5.74, 6) is 0. The van der Waals surface area contributed by atoms with Crippen LogP contribution in [0.25, 0.3) is 87.3 Å². The fraction of sp³-hybridized carbons (Fsp3) is 0. The summed E-state index contributed by atoms with van der Waals surface area (Å²) in [5, 5.41) is 2.86. The maximum atomic E-state index is 9.20. The van der Waals surface area contributed by atoms with Crippen molar-refractivity contribution < 1.29 is 22.2 Å². The maximum Gasteiger partial charge on any atom is 0.143 e. The van der Waals surface area contributed by atoms with Crippen molar-refractivity contribution in [3.8, 4) is 22.3 Å². The van der Waals surface area contributed by atoms with Gasteiger partial charge in [0.2, 0.25) is 0 Å². The minimum Gasteiger partial charge on any atom is -0.455 e. The van der Waals surface area contributed by atoms with Crippen molar-refractivity contribution in [1.82, 2.24) is 0 Å². The molecule has 0 radical (unpaired) electrons. The van der Waals surface area contributed by atoms with E-state index in [9.17, 15) is 2.74 Å². The molecule has 0 fully saturated rings. The first-order chi connectivity index (χ1) is 25.8. The smallest absolute Gasteiger partial charge is 0.143 e. The lowest BCUT2D eigenvalue weighted by molar-refractivity contribution is 0.673. The molecule has 8 aromatic carbocycles. The van der Waals surface area contributed by atoms with E-state index < -0.39 is 54.4 Å². The first kappa shape index (κ1) is 13.3. The van der Waals surface area contributed by atoms with Crippen LogP contribution >= 0.6 is 0 Å². The number of benzene rings is 8. The van der Waals surface area contributed by atoms with Crippen molar-refractivity contribution in [2.24, 2.45) is 0 Å². The fourth-order valence-corrected chi connectivity index (χ4v) is 6.04. The Bertz CT molecular complexity index is 3140. The Labute approximate surface area is 255 Å². The second-order valence-electron chi connectivity index (χ2n) is 9.83. The summed E-state index contributed by atoms with van der Waals surface area (Å²) >= 11 is 0. The first-order valence-electron chi connectivity index (χ1n) is 19.6. The van der Waals surface area contributed by atoms with E-state index in [0.29, 0.717) is 49.2 Å². The van der Waals surface area contributed by atoms with Crippen LogP contribution in [0.5, 0.6) is 0 Å². The predicted octanol–water partition coefficient (Wildman–Crippen LogP) is 11.5. The summed E-state index contributed by atoms with van der Waals surface area (Å²) in [6.07, 6.45) is 0. The van der Waals surface area contributed by atoms with E-state index in [-0.39, 0.29) is 62.2 Å². The highest BCUT2D eigenvalue weighted by molar-refractivity contribution is 6.28. The van der Waals surface area contributed by atoms with E-state index in [0.717, 1.165) is 0 Å². The molecule has 1 heteroatoms. The molecule has 9 rings (SSSR count). The molecule has 1 nitrogen and oxygen atoms in total. The SMILES string of the molecule is [2H]c1c([2H])c([2H])c2c(-c3c4ccccc4c(-c4cccc5oc6c7c([2H])c([2H])c([2H])c([2H])c7c([2H])c([2H])c6c45)c4ccccc34)c([2H])c([2H])c([2H])c2c1[2H]. The third-order valence-electron chi connectivity index (χ3n) is 7.71. The van der Waals surface area contributed by atoms with Gasteiger partial charge >= 0.3 is 0 Å². The highest BCUT2D eigenvalue weighted by Gasteiger charge is 2.21. The van der Waals surface area contributed by atoms with Crippen molar-refractivity contribution in [3.05, 3.63) is 145 Å². The van der Waals surface area contributed by atoms with Gasteiger partial charge in [0.15, 0.2) is 0 Å². The van der Waals surface area contributed by atoms with Crippen LogP contribution in [0.3, 0.4) is 0 Å². The molecule has 190 valence electrons. The largest absolute Gasteiger partial charge is 0.455 e. The van der Waals surface area contributed by atoms with Gasteiger partial charge in [-0.1, -0.05) is 133 Å². The lowest BCUT2D eigenvalue weighted by Gasteiger charge is -2.19. The van der Waals surface area contributed by atoms with Gasteiger partial charge in [0.1, 0.15) is 11.2 Å². The second-order valence-corrected chi connectivity index (χ2v) is 9.83. The van der Waals surface area contributed by atoms with Gasteiger partial charge in [-0.2, -0.15) is 0 Å². The maximum absolute atomic E-state index is 9.20. The molecule has 0 aliphatic rings. The summed E-state index contributed by atoms with van der Waals surface area (Å²) < 4.78 is 120. The van der Waals surface area contributed by atoms with Gasteiger partial charge in [0.25, 0.3) is 0 Å². The molecule has 0 N–H and O–H groups in total. The Hall–Kier alpha value is -5.40. The normalized spacial score (nSPS) is 16.3. The number of fused-ring (bicyclic) bond motifs is 8. The van der Waals surface area contributed by atoms with Gasteiger partial charge in [-0.25, -0.2) is 0 Å². The minimum atomic E-state index is -0.539. The van der Waals surface area contributed by atoms with E-state index in [1.807, 2.05) is 42.5 Å². The van der Waals surface area contributed by atoms with Crippen LogP contribution in [-0.4, -0.2) is 0 Å². The van der Waals surface area contributed by atoms with Gasteiger partial charge in [0.05, 0.1) is 17.8 Å². The molecule has 0 aliphatic carbocycles.